The number of hydrogen-bond donors (Lipinski definition) is 2. The largest absolute Gasteiger partial charge is 0.461 e. The maximum Gasteiger partial charge on any atom is 0.306 e. The Morgan fingerprint density at radius 2 is 1.96 bits per heavy atom. The summed E-state index contributed by atoms with van der Waals surface area (Å²) in [5.41, 5.74) is 8.58. The van der Waals surface area contributed by atoms with Crippen LogP contribution in [0.1, 0.15) is 36.0 Å². The lowest BCUT2D eigenvalue weighted by Gasteiger charge is -2.13. The highest BCUT2D eigenvalue weighted by atomic mass is 32.2. The minimum Gasteiger partial charge on any atom is -0.461 e. The van der Waals surface area contributed by atoms with Gasteiger partial charge >= 0.3 is 5.97 Å². The second-order valence-electron chi connectivity index (χ2n) is 6.54. The summed E-state index contributed by atoms with van der Waals surface area (Å²) in [6.45, 7) is 3.98. The van der Waals surface area contributed by atoms with Gasteiger partial charge in [0.05, 0.1) is 16.9 Å². The number of thioether (sulfide) groups is 1. The van der Waals surface area contributed by atoms with Crippen LogP contribution < -0.4 is 5.73 Å². The fourth-order valence-electron chi connectivity index (χ4n) is 2.36. The molecule has 0 bridgehead atoms. The lowest BCUT2D eigenvalue weighted by molar-refractivity contribution is -0.145. The van der Waals surface area contributed by atoms with Crippen LogP contribution in [0.5, 0.6) is 0 Å². The lowest BCUT2D eigenvalue weighted by Crippen LogP contribution is -2.09. The molecule has 146 valence electrons. The molecule has 0 aliphatic heterocycles. The molecule has 3 N–H and O–H groups in total. The Bertz CT molecular complexity index is 808. The molecule has 8 heteroatoms. The molecule has 0 fully saturated rings. The zero-order valence-corrected chi connectivity index (χ0v) is 17.2. The van der Waals surface area contributed by atoms with Crippen LogP contribution in [-0.4, -0.2) is 28.0 Å². The molecule has 0 amide bonds. The van der Waals surface area contributed by atoms with E-state index in [2.05, 4.69) is 4.98 Å². The van der Waals surface area contributed by atoms with Gasteiger partial charge in [-0.1, -0.05) is 43.0 Å². The Morgan fingerprint density at radius 3 is 2.59 bits per heavy atom. The van der Waals surface area contributed by atoms with Crippen molar-refractivity contribution in [3.05, 3.63) is 59.3 Å². The molecule has 1 heterocycles. The van der Waals surface area contributed by atoms with Crippen LogP contribution in [0.2, 0.25) is 0 Å². The number of pyridine rings is 1. The van der Waals surface area contributed by atoms with Gasteiger partial charge in [-0.25, -0.2) is 4.98 Å². The van der Waals surface area contributed by atoms with E-state index >= 15 is 0 Å². The zero-order chi connectivity index (χ0) is 19.9. The van der Waals surface area contributed by atoms with Crippen molar-refractivity contribution in [2.24, 2.45) is 5.73 Å². The lowest BCUT2D eigenvalue weighted by atomic mass is 9.99. The van der Waals surface area contributed by atoms with Crippen molar-refractivity contribution in [1.82, 2.24) is 4.98 Å². The molecular weight excluding hydrogens is 383 g/mol. The average Bonchev–Trinajstić information content (AvgIpc) is 2.65. The minimum absolute atomic E-state index is 0.0398. The van der Waals surface area contributed by atoms with Gasteiger partial charge in [0.1, 0.15) is 6.61 Å². The Hall–Kier alpha value is -1.66. The summed E-state index contributed by atoms with van der Waals surface area (Å²) in [7, 11) is -3.09. The molecule has 6 nitrogen and oxygen atoms in total. The van der Waals surface area contributed by atoms with E-state index < -0.39 is 7.37 Å². The first-order chi connectivity index (χ1) is 12.8. The number of benzene rings is 1. The van der Waals surface area contributed by atoms with E-state index in [0.717, 1.165) is 16.7 Å². The number of aromatic nitrogens is 1. The molecule has 0 radical (unpaired) electrons. The molecule has 0 aliphatic carbocycles. The highest BCUT2D eigenvalue weighted by Gasteiger charge is 2.15. The Kier molecular flexibility index (Phi) is 8.05. The van der Waals surface area contributed by atoms with Crippen LogP contribution in [0.3, 0.4) is 0 Å². The second kappa shape index (κ2) is 10.0. The van der Waals surface area contributed by atoms with Crippen molar-refractivity contribution < 1.29 is 19.0 Å². The van der Waals surface area contributed by atoms with Crippen LogP contribution in [0.15, 0.2) is 47.6 Å². The topological polar surface area (TPSA) is 103 Å². The smallest absolute Gasteiger partial charge is 0.306 e. The number of ether oxygens (including phenoxy) is 1. The van der Waals surface area contributed by atoms with Crippen LogP contribution in [-0.2, 0) is 27.2 Å². The summed E-state index contributed by atoms with van der Waals surface area (Å²) < 4.78 is 16.8. The number of nitrogens with two attached hydrogens (primary N) is 1. The van der Waals surface area contributed by atoms with E-state index in [1.165, 1.54) is 18.4 Å². The quantitative estimate of drug-likeness (QED) is 0.370. The number of esters is 1. The van der Waals surface area contributed by atoms with Crippen LogP contribution in [0, 0.1) is 0 Å². The predicted octanol–water partition coefficient (Wildman–Crippen LogP) is 3.73. The molecule has 0 aliphatic rings. The van der Waals surface area contributed by atoms with E-state index in [9.17, 15) is 14.3 Å². The molecule has 0 saturated heterocycles. The molecule has 1 aromatic heterocycles. The van der Waals surface area contributed by atoms with E-state index in [0.29, 0.717) is 11.6 Å². The molecular formula is C19H25N2O4PS. The van der Waals surface area contributed by atoms with Gasteiger partial charge in [0.2, 0.25) is 7.37 Å². The third-order valence-corrected chi connectivity index (χ3v) is 6.86. The number of nitrogens with zero attached hydrogens (tertiary/aromatic N) is 1. The normalized spacial score (nSPS) is 14.4. The predicted molar refractivity (Wildman–Crippen MR) is 108 cm³/mol. The SMILES string of the molecule is C[C@@H](CC(=O)OCc1ccc(CN)cc1)c1ccnc(SCP(C)(=O)O)c1. The van der Waals surface area contributed by atoms with E-state index in [1.54, 1.807) is 6.20 Å². The van der Waals surface area contributed by atoms with Crippen LogP contribution >= 0.6 is 19.1 Å². The maximum absolute atomic E-state index is 12.1. The van der Waals surface area contributed by atoms with Crippen molar-refractivity contribution in [2.45, 2.75) is 37.4 Å². The van der Waals surface area contributed by atoms with Crippen molar-refractivity contribution in [3.8, 4) is 0 Å². The second-order valence-corrected chi connectivity index (χ2v) is 10.4. The monoisotopic (exact) mass is 408 g/mol. The van der Waals surface area contributed by atoms with Crippen molar-refractivity contribution in [1.29, 1.82) is 0 Å². The highest BCUT2D eigenvalue weighted by Crippen LogP contribution is 2.41. The number of hydrogen-bond acceptors (Lipinski definition) is 6. The van der Waals surface area contributed by atoms with Gasteiger partial charge in [-0.3, -0.25) is 9.36 Å². The van der Waals surface area contributed by atoms with Crippen molar-refractivity contribution >= 4 is 25.1 Å². The van der Waals surface area contributed by atoms with Crippen LogP contribution in [0.25, 0.3) is 0 Å². The van der Waals surface area contributed by atoms with E-state index in [4.69, 9.17) is 10.5 Å². The maximum atomic E-state index is 12.1. The fraction of sp³-hybridized carbons (Fsp3) is 0.368. The molecule has 27 heavy (non-hydrogen) atoms. The molecule has 2 atom stereocenters. The van der Waals surface area contributed by atoms with E-state index in [1.807, 2.05) is 43.3 Å². The number of carbonyl (C=O) groups excluding carboxylic acids is 1. The first-order valence-electron chi connectivity index (χ1n) is 8.58. The molecule has 2 rings (SSSR count). The molecule has 0 spiro atoms. The first kappa shape index (κ1) is 21.6. The third kappa shape index (κ3) is 7.85. The van der Waals surface area contributed by atoms with Crippen molar-refractivity contribution in [2.75, 3.05) is 12.2 Å². The summed E-state index contributed by atoms with van der Waals surface area (Å²) >= 11 is 1.24. The summed E-state index contributed by atoms with van der Waals surface area (Å²) in [6.07, 6.45) is 1.90. The molecule has 1 aromatic carbocycles. The minimum atomic E-state index is -3.09. The molecule has 1 unspecified atom stereocenters. The Balaban J connectivity index is 1.87. The van der Waals surface area contributed by atoms with Gasteiger partial charge in [-0.15, -0.1) is 0 Å². The summed E-state index contributed by atoms with van der Waals surface area (Å²) in [5.74, 6) is -0.313. The highest BCUT2D eigenvalue weighted by molar-refractivity contribution is 8.04. The summed E-state index contributed by atoms with van der Waals surface area (Å²) in [5, 5.41) is 0.670. The standard InChI is InChI=1S/C19H25N2O4PS/c1-14(17-7-8-21-18(10-17)27-13-26(2,23)24)9-19(22)25-12-16-5-3-15(11-20)4-6-16/h3-8,10,14H,9,11-13,20H2,1-2H3,(H,23,24)/t14-/m0/s1. The average molecular weight is 408 g/mol. The molecule has 0 saturated carbocycles. The molecule has 2 aromatic rings. The zero-order valence-electron chi connectivity index (χ0n) is 15.5. The van der Waals surface area contributed by atoms with Gasteiger partial charge in [-0.2, -0.15) is 0 Å². The van der Waals surface area contributed by atoms with Crippen LogP contribution in [0.4, 0.5) is 0 Å². The number of rotatable bonds is 9. The summed E-state index contributed by atoms with van der Waals surface area (Å²) in [6, 6.07) is 11.3. The van der Waals surface area contributed by atoms with Gasteiger partial charge in [0.15, 0.2) is 0 Å². The van der Waals surface area contributed by atoms with Gasteiger partial charge < -0.3 is 15.4 Å². The van der Waals surface area contributed by atoms with Gasteiger partial charge in [0, 0.05) is 19.4 Å². The van der Waals surface area contributed by atoms with Gasteiger partial charge in [-0.05, 0) is 34.7 Å². The third-order valence-electron chi connectivity index (χ3n) is 3.91. The number of carbonyl (C=O) groups is 1. The van der Waals surface area contributed by atoms with E-state index in [-0.39, 0.29) is 30.4 Å². The Morgan fingerprint density at radius 1 is 1.30 bits per heavy atom. The van der Waals surface area contributed by atoms with Gasteiger partial charge in [0.25, 0.3) is 0 Å². The van der Waals surface area contributed by atoms with Crippen molar-refractivity contribution in [3.63, 3.8) is 0 Å². The fourth-order valence-corrected chi connectivity index (χ4v) is 4.20. The Labute approximate surface area is 164 Å². The first-order valence-corrected chi connectivity index (χ1v) is 11.9. The summed E-state index contributed by atoms with van der Waals surface area (Å²) in [4.78, 5) is 25.7.